The molecular formula is C25H29N3O6. The lowest BCUT2D eigenvalue weighted by molar-refractivity contribution is -0.384. The Morgan fingerprint density at radius 1 is 1.03 bits per heavy atom. The SMILES string of the molecule is CCN(CC)c1ccc([N+](=O)[O-])cc1C(=O)N1CCC(C(=O)c2ccc3c(c2)OCCO3)CC1. The fourth-order valence-electron chi connectivity index (χ4n) is 4.60. The van der Waals surface area contributed by atoms with Crippen molar-refractivity contribution in [2.24, 2.45) is 5.92 Å². The molecule has 0 aliphatic carbocycles. The lowest BCUT2D eigenvalue weighted by Crippen LogP contribution is -2.41. The molecule has 9 nitrogen and oxygen atoms in total. The topological polar surface area (TPSA) is 102 Å². The highest BCUT2D eigenvalue weighted by Crippen LogP contribution is 2.33. The van der Waals surface area contributed by atoms with E-state index in [0.717, 1.165) is 0 Å². The van der Waals surface area contributed by atoms with Gasteiger partial charge in [-0.05, 0) is 51.0 Å². The number of benzene rings is 2. The normalized spacial score (nSPS) is 15.6. The summed E-state index contributed by atoms with van der Waals surface area (Å²) in [7, 11) is 0. The molecule has 0 bridgehead atoms. The smallest absolute Gasteiger partial charge is 0.270 e. The monoisotopic (exact) mass is 467 g/mol. The van der Waals surface area contributed by atoms with Crippen molar-refractivity contribution < 1.29 is 24.0 Å². The average molecular weight is 468 g/mol. The Kier molecular flexibility index (Phi) is 7.00. The van der Waals surface area contributed by atoms with Gasteiger partial charge in [0.1, 0.15) is 13.2 Å². The van der Waals surface area contributed by atoms with Crippen LogP contribution in [0.3, 0.4) is 0 Å². The van der Waals surface area contributed by atoms with Crippen LogP contribution in [0.5, 0.6) is 11.5 Å². The summed E-state index contributed by atoms with van der Waals surface area (Å²) in [5.74, 6) is 0.821. The molecule has 0 unspecified atom stereocenters. The van der Waals surface area contributed by atoms with Crippen LogP contribution in [0.2, 0.25) is 0 Å². The first-order chi connectivity index (χ1) is 16.4. The molecule has 4 rings (SSSR count). The third-order valence-corrected chi connectivity index (χ3v) is 6.51. The third kappa shape index (κ3) is 4.69. The van der Waals surface area contributed by atoms with Crippen molar-refractivity contribution in [3.8, 4) is 11.5 Å². The average Bonchev–Trinajstić information content (AvgIpc) is 2.88. The molecule has 2 aromatic rings. The fourth-order valence-corrected chi connectivity index (χ4v) is 4.60. The first-order valence-corrected chi connectivity index (χ1v) is 11.7. The number of non-ortho nitro benzene ring substituents is 1. The van der Waals surface area contributed by atoms with Gasteiger partial charge in [-0.25, -0.2) is 0 Å². The summed E-state index contributed by atoms with van der Waals surface area (Å²) in [4.78, 5) is 41.0. The standard InChI is InChI=1S/C25H29N3O6/c1-3-26(4-2)21-7-6-19(28(31)32)16-20(21)25(30)27-11-9-17(10-12-27)24(29)18-5-8-22-23(15-18)34-14-13-33-22/h5-8,15-17H,3-4,9-14H2,1-2H3. The van der Waals surface area contributed by atoms with Crippen LogP contribution in [0.1, 0.15) is 47.4 Å². The number of anilines is 1. The van der Waals surface area contributed by atoms with Crippen LogP contribution in [0, 0.1) is 16.0 Å². The Hall–Kier alpha value is -3.62. The summed E-state index contributed by atoms with van der Waals surface area (Å²) < 4.78 is 11.1. The number of ketones is 1. The number of fused-ring (bicyclic) bond motifs is 1. The lowest BCUT2D eigenvalue weighted by Gasteiger charge is -2.33. The number of hydrogen-bond donors (Lipinski definition) is 0. The first-order valence-electron chi connectivity index (χ1n) is 11.7. The first kappa shape index (κ1) is 23.5. The number of nitrogens with zero attached hydrogens (tertiary/aromatic N) is 3. The maximum Gasteiger partial charge on any atom is 0.270 e. The van der Waals surface area contributed by atoms with Gasteiger partial charge in [0, 0.05) is 49.8 Å². The van der Waals surface area contributed by atoms with Crippen LogP contribution >= 0.6 is 0 Å². The molecule has 34 heavy (non-hydrogen) atoms. The van der Waals surface area contributed by atoms with Gasteiger partial charge < -0.3 is 19.3 Å². The van der Waals surface area contributed by atoms with Crippen molar-refractivity contribution in [2.45, 2.75) is 26.7 Å². The van der Waals surface area contributed by atoms with Gasteiger partial charge in [0.15, 0.2) is 17.3 Å². The van der Waals surface area contributed by atoms with Crippen molar-refractivity contribution in [2.75, 3.05) is 44.3 Å². The minimum atomic E-state index is -0.485. The minimum absolute atomic E-state index is 0.0308. The van der Waals surface area contributed by atoms with E-state index in [4.69, 9.17) is 9.47 Å². The van der Waals surface area contributed by atoms with Crippen LogP contribution in [0.25, 0.3) is 0 Å². The Morgan fingerprint density at radius 2 is 1.71 bits per heavy atom. The van der Waals surface area contributed by atoms with E-state index in [-0.39, 0.29) is 23.3 Å². The molecule has 1 amide bonds. The summed E-state index contributed by atoms with van der Waals surface area (Å²) in [6, 6.07) is 9.69. The lowest BCUT2D eigenvalue weighted by atomic mass is 9.88. The van der Waals surface area contributed by atoms with E-state index in [0.29, 0.717) is 80.5 Å². The zero-order valence-electron chi connectivity index (χ0n) is 19.5. The molecule has 0 saturated carbocycles. The molecule has 0 radical (unpaired) electrons. The second-order valence-corrected chi connectivity index (χ2v) is 8.42. The summed E-state index contributed by atoms with van der Waals surface area (Å²) >= 11 is 0. The van der Waals surface area contributed by atoms with Gasteiger partial charge in [-0.3, -0.25) is 19.7 Å². The molecule has 0 aromatic heterocycles. The maximum atomic E-state index is 13.4. The van der Waals surface area contributed by atoms with Crippen molar-refractivity contribution in [1.29, 1.82) is 0 Å². The quantitative estimate of drug-likeness (QED) is 0.345. The van der Waals surface area contributed by atoms with E-state index < -0.39 is 4.92 Å². The van der Waals surface area contributed by atoms with E-state index in [1.807, 2.05) is 18.7 Å². The van der Waals surface area contributed by atoms with E-state index >= 15 is 0 Å². The largest absolute Gasteiger partial charge is 0.486 e. The number of amides is 1. The highest BCUT2D eigenvalue weighted by Gasteiger charge is 2.31. The summed E-state index contributed by atoms with van der Waals surface area (Å²) in [5, 5.41) is 11.3. The number of piperidine rings is 1. The van der Waals surface area contributed by atoms with Crippen molar-refractivity contribution in [3.05, 3.63) is 57.6 Å². The van der Waals surface area contributed by atoms with E-state index in [2.05, 4.69) is 0 Å². The molecule has 2 heterocycles. The van der Waals surface area contributed by atoms with Crippen molar-refractivity contribution >= 4 is 23.1 Å². The van der Waals surface area contributed by atoms with Gasteiger partial charge in [-0.1, -0.05) is 0 Å². The molecule has 0 spiro atoms. The Morgan fingerprint density at radius 3 is 2.35 bits per heavy atom. The predicted octanol–water partition coefficient (Wildman–Crippen LogP) is 3.95. The molecular weight excluding hydrogens is 438 g/mol. The highest BCUT2D eigenvalue weighted by atomic mass is 16.6. The Balaban J connectivity index is 1.48. The summed E-state index contributed by atoms with van der Waals surface area (Å²) in [5.41, 5.74) is 1.49. The van der Waals surface area contributed by atoms with Crippen molar-refractivity contribution in [3.63, 3.8) is 0 Å². The highest BCUT2D eigenvalue weighted by molar-refractivity contribution is 6.01. The van der Waals surface area contributed by atoms with Gasteiger partial charge in [-0.2, -0.15) is 0 Å². The van der Waals surface area contributed by atoms with Crippen molar-refractivity contribution in [1.82, 2.24) is 4.90 Å². The van der Waals surface area contributed by atoms with Crippen LogP contribution in [0.4, 0.5) is 11.4 Å². The van der Waals surface area contributed by atoms with Gasteiger partial charge in [0.25, 0.3) is 11.6 Å². The van der Waals surface area contributed by atoms with Gasteiger partial charge in [-0.15, -0.1) is 0 Å². The third-order valence-electron chi connectivity index (χ3n) is 6.51. The zero-order valence-corrected chi connectivity index (χ0v) is 19.5. The van der Waals surface area contributed by atoms with Crippen LogP contribution in [-0.2, 0) is 0 Å². The van der Waals surface area contributed by atoms with Gasteiger partial charge >= 0.3 is 0 Å². The molecule has 1 saturated heterocycles. The van der Waals surface area contributed by atoms with Crippen LogP contribution in [0.15, 0.2) is 36.4 Å². The number of carbonyl (C=O) groups is 2. The molecule has 2 aliphatic rings. The molecule has 180 valence electrons. The number of Topliss-reactive ketones (excluding diaryl/α,β-unsaturated/α-hetero) is 1. The second kappa shape index (κ2) is 10.1. The molecule has 2 aliphatic heterocycles. The fraction of sp³-hybridized carbons (Fsp3) is 0.440. The molecule has 2 aromatic carbocycles. The van der Waals surface area contributed by atoms with E-state index in [9.17, 15) is 19.7 Å². The maximum absolute atomic E-state index is 13.4. The number of likely N-dealkylation sites (tertiary alicyclic amines) is 1. The zero-order chi connectivity index (χ0) is 24.2. The molecule has 1 fully saturated rings. The summed E-state index contributed by atoms with van der Waals surface area (Å²) in [6.45, 7) is 7.11. The number of carbonyl (C=O) groups excluding carboxylic acids is 2. The van der Waals surface area contributed by atoms with Gasteiger partial charge in [0.2, 0.25) is 0 Å². The minimum Gasteiger partial charge on any atom is -0.486 e. The second-order valence-electron chi connectivity index (χ2n) is 8.42. The van der Waals surface area contributed by atoms with E-state index in [1.54, 1.807) is 29.2 Å². The number of nitro benzene ring substituents is 1. The molecule has 9 heteroatoms. The predicted molar refractivity (Wildman–Crippen MR) is 127 cm³/mol. The van der Waals surface area contributed by atoms with E-state index in [1.165, 1.54) is 12.1 Å². The Labute approximate surface area is 198 Å². The number of nitro groups is 1. The molecule has 0 N–H and O–H groups in total. The Bertz CT molecular complexity index is 1090. The number of ether oxygens (including phenoxy) is 2. The summed E-state index contributed by atoms with van der Waals surface area (Å²) in [6.07, 6.45) is 1.07. The van der Waals surface area contributed by atoms with Crippen LogP contribution < -0.4 is 14.4 Å². The van der Waals surface area contributed by atoms with Gasteiger partial charge in [0.05, 0.1) is 16.2 Å². The van der Waals surface area contributed by atoms with Crippen LogP contribution in [-0.4, -0.2) is 60.9 Å². The number of hydrogen-bond acceptors (Lipinski definition) is 7. The number of rotatable bonds is 7. The molecule has 0 atom stereocenters.